The summed E-state index contributed by atoms with van der Waals surface area (Å²) in [6.45, 7) is 5.34. The monoisotopic (exact) mass is 384 g/mol. The van der Waals surface area contributed by atoms with Gasteiger partial charge in [0, 0.05) is 30.7 Å². The molecule has 0 fully saturated rings. The van der Waals surface area contributed by atoms with Crippen LogP contribution in [0.5, 0.6) is 0 Å². The van der Waals surface area contributed by atoms with Gasteiger partial charge in [-0.1, -0.05) is 29.3 Å². The van der Waals surface area contributed by atoms with E-state index < -0.39 is 11.7 Å². The molecule has 8 heteroatoms. The SMILES string of the molecule is CCN(CC)c1ncc(Cl)c(C(=O)N(C)Cc2c(F)cccc2Cl)n1. The maximum absolute atomic E-state index is 13.9. The van der Waals surface area contributed by atoms with Crippen molar-refractivity contribution in [3.05, 3.63) is 51.5 Å². The van der Waals surface area contributed by atoms with Crippen LogP contribution >= 0.6 is 23.2 Å². The fraction of sp³-hybridized carbons (Fsp3) is 0.353. The number of aromatic nitrogens is 2. The zero-order chi connectivity index (χ0) is 18.6. The number of benzene rings is 1. The standard InChI is InChI=1S/C17H19Cl2FN4O/c1-4-24(5-2)17-21-9-13(19)15(22-17)16(25)23(3)10-11-12(18)7-6-8-14(11)20/h6-9H,4-5,10H2,1-3H3. The van der Waals surface area contributed by atoms with E-state index in [0.717, 1.165) is 0 Å². The molecule has 0 saturated heterocycles. The average molecular weight is 385 g/mol. The van der Waals surface area contributed by atoms with E-state index in [2.05, 4.69) is 9.97 Å². The Hall–Kier alpha value is -1.92. The fourth-order valence-electron chi connectivity index (χ4n) is 2.34. The summed E-state index contributed by atoms with van der Waals surface area (Å²) in [5, 5.41) is 0.407. The topological polar surface area (TPSA) is 49.3 Å². The van der Waals surface area contributed by atoms with E-state index in [1.807, 2.05) is 18.7 Å². The van der Waals surface area contributed by atoms with Crippen LogP contribution in [0.4, 0.5) is 10.3 Å². The van der Waals surface area contributed by atoms with E-state index in [-0.39, 0.29) is 27.8 Å². The molecule has 2 rings (SSSR count). The lowest BCUT2D eigenvalue weighted by Gasteiger charge is -2.21. The molecule has 0 aliphatic rings. The molecule has 1 aromatic carbocycles. The van der Waals surface area contributed by atoms with Crippen LogP contribution in [-0.2, 0) is 6.54 Å². The number of amides is 1. The molecule has 0 spiro atoms. The summed E-state index contributed by atoms with van der Waals surface area (Å²) >= 11 is 12.1. The number of halogens is 3. The van der Waals surface area contributed by atoms with Crippen LogP contribution in [-0.4, -0.2) is 40.9 Å². The largest absolute Gasteiger partial charge is 0.341 e. The van der Waals surface area contributed by atoms with E-state index in [1.54, 1.807) is 13.1 Å². The molecular weight excluding hydrogens is 366 g/mol. The normalized spacial score (nSPS) is 10.6. The Bertz CT molecular complexity index is 748. The van der Waals surface area contributed by atoms with Crippen LogP contribution in [0.3, 0.4) is 0 Å². The van der Waals surface area contributed by atoms with Crippen LogP contribution in [0.15, 0.2) is 24.4 Å². The van der Waals surface area contributed by atoms with Gasteiger partial charge in [-0.25, -0.2) is 14.4 Å². The summed E-state index contributed by atoms with van der Waals surface area (Å²) in [4.78, 5) is 24.4. The summed E-state index contributed by atoms with van der Waals surface area (Å²) < 4.78 is 13.9. The van der Waals surface area contributed by atoms with Crippen molar-refractivity contribution in [2.24, 2.45) is 0 Å². The smallest absolute Gasteiger partial charge is 0.274 e. The first-order valence-corrected chi connectivity index (χ1v) is 8.60. The van der Waals surface area contributed by atoms with Gasteiger partial charge in [0.2, 0.25) is 5.95 Å². The Morgan fingerprint density at radius 1 is 1.20 bits per heavy atom. The Morgan fingerprint density at radius 3 is 2.48 bits per heavy atom. The first kappa shape index (κ1) is 19.4. The van der Waals surface area contributed by atoms with Gasteiger partial charge in [-0.05, 0) is 26.0 Å². The average Bonchev–Trinajstić information content (AvgIpc) is 2.60. The highest BCUT2D eigenvalue weighted by atomic mass is 35.5. The number of anilines is 1. The molecule has 5 nitrogen and oxygen atoms in total. The quantitative estimate of drug-likeness (QED) is 0.753. The van der Waals surface area contributed by atoms with Crippen molar-refractivity contribution in [2.75, 3.05) is 25.0 Å². The number of hydrogen-bond donors (Lipinski definition) is 0. The highest BCUT2D eigenvalue weighted by molar-refractivity contribution is 6.33. The number of hydrogen-bond acceptors (Lipinski definition) is 4. The van der Waals surface area contributed by atoms with Crippen molar-refractivity contribution in [1.82, 2.24) is 14.9 Å². The Morgan fingerprint density at radius 2 is 1.88 bits per heavy atom. The summed E-state index contributed by atoms with van der Waals surface area (Å²) in [6.07, 6.45) is 1.40. The summed E-state index contributed by atoms with van der Waals surface area (Å²) in [7, 11) is 1.54. The zero-order valence-corrected chi connectivity index (χ0v) is 15.8. The van der Waals surface area contributed by atoms with E-state index in [1.165, 1.54) is 23.2 Å². The van der Waals surface area contributed by atoms with Gasteiger partial charge in [0.1, 0.15) is 5.82 Å². The molecule has 0 atom stereocenters. The molecule has 25 heavy (non-hydrogen) atoms. The van der Waals surface area contributed by atoms with Crippen LogP contribution in [0, 0.1) is 5.82 Å². The fourth-order valence-corrected chi connectivity index (χ4v) is 2.73. The third-order valence-electron chi connectivity index (χ3n) is 3.78. The molecule has 2 aromatic rings. The number of nitrogens with zero attached hydrogens (tertiary/aromatic N) is 4. The number of carbonyl (C=O) groups excluding carboxylic acids is 1. The maximum atomic E-state index is 13.9. The van der Waals surface area contributed by atoms with E-state index in [9.17, 15) is 9.18 Å². The van der Waals surface area contributed by atoms with Crippen molar-refractivity contribution < 1.29 is 9.18 Å². The van der Waals surface area contributed by atoms with Crippen molar-refractivity contribution >= 4 is 35.1 Å². The van der Waals surface area contributed by atoms with Gasteiger partial charge in [-0.15, -0.1) is 0 Å². The second-order valence-electron chi connectivity index (χ2n) is 5.40. The molecule has 0 aliphatic heterocycles. The van der Waals surface area contributed by atoms with Gasteiger partial charge in [-0.2, -0.15) is 0 Å². The molecule has 1 aromatic heterocycles. The molecule has 0 saturated carbocycles. The van der Waals surface area contributed by atoms with Crippen LogP contribution < -0.4 is 4.90 Å². The van der Waals surface area contributed by atoms with Crippen LogP contribution in [0.25, 0.3) is 0 Å². The molecule has 0 radical (unpaired) electrons. The minimum absolute atomic E-state index is 0.00523. The van der Waals surface area contributed by atoms with Crippen molar-refractivity contribution in [3.63, 3.8) is 0 Å². The van der Waals surface area contributed by atoms with Crippen molar-refractivity contribution in [2.45, 2.75) is 20.4 Å². The van der Waals surface area contributed by atoms with Gasteiger partial charge < -0.3 is 9.80 Å². The molecule has 1 heterocycles. The lowest BCUT2D eigenvalue weighted by atomic mass is 10.2. The second-order valence-corrected chi connectivity index (χ2v) is 6.21. The first-order chi connectivity index (χ1) is 11.9. The Balaban J connectivity index is 2.29. The molecule has 0 N–H and O–H groups in total. The first-order valence-electron chi connectivity index (χ1n) is 7.84. The van der Waals surface area contributed by atoms with Gasteiger partial charge in [0.05, 0.1) is 17.8 Å². The third-order valence-corrected chi connectivity index (χ3v) is 4.41. The Labute approximate surface area is 156 Å². The Kier molecular flexibility index (Phi) is 6.56. The minimum atomic E-state index is -0.468. The van der Waals surface area contributed by atoms with Gasteiger partial charge in [0.25, 0.3) is 5.91 Å². The van der Waals surface area contributed by atoms with Gasteiger partial charge in [0.15, 0.2) is 5.69 Å². The van der Waals surface area contributed by atoms with E-state index in [4.69, 9.17) is 23.2 Å². The number of carbonyl (C=O) groups is 1. The molecular formula is C17H19Cl2FN4O. The highest BCUT2D eigenvalue weighted by Gasteiger charge is 2.21. The van der Waals surface area contributed by atoms with Crippen LogP contribution in [0.1, 0.15) is 29.9 Å². The van der Waals surface area contributed by atoms with Crippen LogP contribution in [0.2, 0.25) is 10.0 Å². The predicted molar refractivity (Wildman–Crippen MR) is 97.8 cm³/mol. The molecule has 0 unspecified atom stereocenters. The lowest BCUT2D eigenvalue weighted by Crippen LogP contribution is -2.30. The molecule has 134 valence electrons. The summed E-state index contributed by atoms with van der Waals surface area (Å²) in [5.74, 6) is -0.472. The molecule has 1 amide bonds. The molecule has 0 aliphatic carbocycles. The number of rotatable bonds is 6. The van der Waals surface area contributed by atoms with Crippen molar-refractivity contribution in [1.29, 1.82) is 0 Å². The van der Waals surface area contributed by atoms with Crippen molar-refractivity contribution in [3.8, 4) is 0 Å². The third kappa shape index (κ3) is 4.38. The van der Waals surface area contributed by atoms with E-state index in [0.29, 0.717) is 19.0 Å². The summed E-state index contributed by atoms with van der Waals surface area (Å²) in [5.41, 5.74) is 0.322. The highest BCUT2D eigenvalue weighted by Crippen LogP contribution is 2.23. The van der Waals surface area contributed by atoms with Gasteiger partial charge in [-0.3, -0.25) is 4.79 Å². The lowest BCUT2D eigenvalue weighted by molar-refractivity contribution is 0.0778. The summed E-state index contributed by atoms with van der Waals surface area (Å²) in [6, 6.07) is 4.39. The minimum Gasteiger partial charge on any atom is -0.341 e. The maximum Gasteiger partial charge on any atom is 0.274 e. The molecule has 0 bridgehead atoms. The van der Waals surface area contributed by atoms with Gasteiger partial charge >= 0.3 is 0 Å². The zero-order valence-electron chi connectivity index (χ0n) is 14.3. The second kappa shape index (κ2) is 8.45. The predicted octanol–water partition coefficient (Wildman–Crippen LogP) is 4.04. The van der Waals surface area contributed by atoms with E-state index >= 15 is 0 Å².